The highest BCUT2D eigenvalue weighted by molar-refractivity contribution is 5.95. The van der Waals surface area contributed by atoms with E-state index >= 15 is 0 Å². The third-order valence-corrected chi connectivity index (χ3v) is 4.17. The van der Waals surface area contributed by atoms with Crippen LogP contribution >= 0.6 is 0 Å². The number of benzene rings is 1. The molecule has 0 aliphatic rings. The first-order chi connectivity index (χ1) is 12.6. The molecule has 3 N–H and O–H groups in total. The van der Waals surface area contributed by atoms with E-state index < -0.39 is 0 Å². The van der Waals surface area contributed by atoms with Gasteiger partial charge in [0.2, 0.25) is 5.91 Å². The average molecular weight is 351 g/mol. The molecule has 136 valence electrons. The smallest absolute Gasteiger partial charge is 0.230 e. The fourth-order valence-electron chi connectivity index (χ4n) is 2.84. The summed E-state index contributed by atoms with van der Waals surface area (Å²) in [6, 6.07) is 11.7. The molecule has 3 rings (SSSR count). The number of aromatic amines is 1. The number of hydrogen-bond donors (Lipinski definition) is 3. The van der Waals surface area contributed by atoms with Gasteiger partial charge in [0.05, 0.1) is 18.3 Å². The molecular formula is C20H25N5O. The van der Waals surface area contributed by atoms with Gasteiger partial charge in [-0.15, -0.1) is 0 Å². The quantitative estimate of drug-likeness (QED) is 0.545. The predicted molar refractivity (Wildman–Crippen MR) is 107 cm³/mol. The van der Waals surface area contributed by atoms with Crippen molar-refractivity contribution < 1.29 is 4.79 Å². The Bertz CT molecular complexity index is 854. The molecule has 0 spiro atoms. The lowest BCUT2D eigenvalue weighted by atomic mass is 10.1. The van der Waals surface area contributed by atoms with Crippen LogP contribution in [-0.2, 0) is 11.2 Å². The molecule has 0 unspecified atom stereocenters. The van der Waals surface area contributed by atoms with Gasteiger partial charge >= 0.3 is 0 Å². The summed E-state index contributed by atoms with van der Waals surface area (Å²) in [5, 5.41) is 7.26. The predicted octanol–water partition coefficient (Wildman–Crippen LogP) is 3.11. The van der Waals surface area contributed by atoms with Gasteiger partial charge in [0.15, 0.2) is 0 Å². The van der Waals surface area contributed by atoms with Gasteiger partial charge in [-0.2, -0.15) is 0 Å². The zero-order valence-corrected chi connectivity index (χ0v) is 15.2. The number of aromatic nitrogens is 2. The molecule has 0 atom stereocenters. The summed E-state index contributed by atoms with van der Waals surface area (Å²) >= 11 is 0. The zero-order chi connectivity index (χ0) is 18.4. The maximum atomic E-state index is 12.3. The second-order valence-corrected chi connectivity index (χ2v) is 6.60. The molecule has 0 bridgehead atoms. The van der Waals surface area contributed by atoms with Crippen LogP contribution in [0.3, 0.4) is 0 Å². The van der Waals surface area contributed by atoms with E-state index in [4.69, 9.17) is 0 Å². The lowest BCUT2D eigenvalue weighted by molar-refractivity contribution is -0.115. The number of para-hydroxylation sites is 1. The van der Waals surface area contributed by atoms with Crippen molar-refractivity contribution >= 4 is 28.3 Å². The molecule has 0 saturated heterocycles. The summed E-state index contributed by atoms with van der Waals surface area (Å²) in [5.74, 6) is 0.489. The van der Waals surface area contributed by atoms with Crippen molar-refractivity contribution in [3.05, 3.63) is 54.4 Å². The normalized spacial score (nSPS) is 11.0. The highest BCUT2D eigenvalue weighted by atomic mass is 16.1. The van der Waals surface area contributed by atoms with Crippen LogP contribution in [0.5, 0.6) is 0 Å². The number of carbonyl (C=O) groups is 1. The van der Waals surface area contributed by atoms with E-state index in [0.717, 1.165) is 41.7 Å². The van der Waals surface area contributed by atoms with E-state index in [2.05, 4.69) is 39.6 Å². The fraction of sp³-hybridized carbons (Fsp3) is 0.300. The van der Waals surface area contributed by atoms with Gasteiger partial charge in [-0.1, -0.05) is 18.2 Å². The summed E-state index contributed by atoms with van der Waals surface area (Å²) in [5.41, 5.74) is 2.98. The first-order valence-corrected chi connectivity index (χ1v) is 8.81. The van der Waals surface area contributed by atoms with E-state index in [1.54, 1.807) is 6.20 Å². The monoisotopic (exact) mass is 351 g/mol. The number of carbonyl (C=O) groups excluding carboxylic acids is 1. The molecule has 0 aliphatic carbocycles. The SMILES string of the molecule is CN(C)CCCNc1ccc(NC(=O)Cc2c[nH]c3ccccc23)nc1. The van der Waals surface area contributed by atoms with Crippen molar-refractivity contribution in [2.75, 3.05) is 37.8 Å². The number of hydrogen-bond acceptors (Lipinski definition) is 4. The molecule has 0 saturated carbocycles. The Morgan fingerprint density at radius 2 is 2.04 bits per heavy atom. The molecule has 3 aromatic rings. The van der Waals surface area contributed by atoms with Gasteiger partial charge < -0.3 is 20.5 Å². The molecule has 1 aromatic carbocycles. The van der Waals surface area contributed by atoms with Crippen molar-refractivity contribution in [2.45, 2.75) is 12.8 Å². The first kappa shape index (κ1) is 17.9. The summed E-state index contributed by atoms with van der Waals surface area (Å²) in [6.45, 7) is 1.94. The number of anilines is 2. The number of H-pyrrole nitrogens is 1. The third kappa shape index (κ3) is 4.83. The second kappa shape index (κ2) is 8.49. The van der Waals surface area contributed by atoms with E-state index in [1.165, 1.54) is 0 Å². The third-order valence-electron chi connectivity index (χ3n) is 4.17. The van der Waals surface area contributed by atoms with Crippen LogP contribution in [0.2, 0.25) is 0 Å². The Labute approximate surface area is 153 Å². The number of rotatable bonds is 8. The molecule has 6 nitrogen and oxygen atoms in total. The molecule has 1 amide bonds. The number of nitrogens with zero attached hydrogens (tertiary/aromatic N) is 2. The molecule has 2 heterocycles. The molecule has 0 radical (unpaired) electrons. The summed E-state index contributed by atoms with van der Waals surface area (Å²) in [6.07, 6.45) is 5.02. The number of amides is 1. The van der Waals surface area contributed by atoms with Crippen molar-refractivity contribution in [1.29, 1.82) is 0 Å². The largest absolute Gasteiger partial charge is 0.384 e. The minimum atomic E-state index is -0.0751. The number of pyridine rings is 1. The lowest BCUT2D eigenvalue weighted by Gasteiger charge is -2.11. The van der Waals surface area contributed by atoms with Gasteiger partial charge in [0.25, 0.3) is 0 Å². The number of nitrogens with one attached hydrogen (secondary N) is 3. The van der Waals surface area contributed by atoms with E-state index in [-0.39, 0.29) is 5.91 Å². The Hall–Kier alpha value is -2.86. The topological polar surface area (TPSA) is 73.0 Å². The zero-order valence-electron chi connectivity index (χ0n) is 15.2. The van der Waals surface area contributed by atoms with Gasteiger partial charge in [-0.3, -0.25) is 4.79 Å². The lowest BCUT2D eigenvalue weighted by Crippen LogP contribution is -2.16. The van der Waals surface area contributed by atoms with Crippen LogP contribution < -0.4 is 10.6 Å². The highest BCUT2D eigenvalue weighted by Crippen LogP contribution is 2.18. The van der Waals surface area contributed by atoms with Gasteiger partial charge in [-0.05, 0) is 50.8 Å². The number of fused-ring (bicyclic) bond motifs is 1. The molecule has 26 heavy (non-hydrogen) atoms. The minimum absolute atomic E-state index is 0.0751. The van der Waals surface area contributed by atoms with Crippen LogP contribution in [0.25, 0.3) is 10.9 Å². The molecule has 2 aromatic heterocycles. The second-order valence-electron chi connectivity index (χ2n) is 6.60. The van der Waals surface area contributed by atoms with Gasteiger partial charge in [0.1, 0.15) is 5.82 Å². The van der Waals surface area contributed by atoms with Crippen LogP contribution in [-0.4, -0.2) is 48.0 Å². The maximum Gasteiger partial charge on any atom is 0.230 e. The van der Waals surface area contributed by atoms with Crippen LogP contribution in [0.15, 0.2) is 48.8 Å². The van der Waals surface area contributed by atoms with Crippen molar-refractivity contribution in [3.8, 4) is 0 Å². The summed E-state index contributed by atoms with van der Waals surface area (Å²) in [4.78, 5) is 22.0. The molecular weight excluding hydrogens is 326 g/mol. The summed E-state index contributed by atoms with van der Waals surface area (Å²) < 4.78 is 0. The maximum absolute atomic E-state index is 12.3. The van der Waals surface area contributed by atoms with Gasteiger partial charge in [-0.25, -0.2) is 4.98 Å². The fourth-order valence-corrected chi connectivity index (χ4v) is 2.84. The van der Waals surface area contributed by atoms with E-state index in [9.17, 15) is 4.79 Å². The molecule has 0 fully saturated rings. The van der Waals surface area contributed by atoms with Crippen LogP contribution in [0.4, 0.5) is 11.5 Å². The van der Waals surface area contributed by atoms with Crippen molar-refractivity contribution in [1.82, 2.24) is 14.9 Å². The average Bonchev–Trinajstić information content (AvgIpc) is 3.03. The Kier molecular flexibility index (Phi) is 5.86. The minimum Gasteiger partial charge on any atom is -0.384 e. The van der Waals surface area contributed by atoms with E-state index in [0.29, 0.717) is 12.2 Å². The summed E-state index contributed by atoms with van der Waals surface area (Å²) in [7, 11) is 4.13. The molecule has 6 heteroatoms. The Balaban J connectivity index is 1.51. The van der Waals surface area contributed by atoms with Crippen LogP contribution in [0.1, 0.15) is 12.0 Å². The van der Waals surface area contributed by atoms with Crippen molar-refractivity contribution in [3.63, 3.8) is 0 Å². The Morgan fingerprint density at radius 3 is 2.81 bits per heavy atom. The Morgan fingerprint density at radius 1 is 1.19 bits per heavy atom. The van der Waals surface area contributed by atoms with Gasteiger partial charge in [0, 0.05) is 23.6 Å². The molecule has 0 aliphatic heterocycles. The first-order valence-electron chi connectivity index (χ1n) is 8.81. The van der Waals surface area contributed by atoms with Crippen molar-refractivity contribution in [2.24, 2.45) is 0 Å². The van der Waals surface area contributed by atoms with E-state index in [1.807, 2.05) is 42.6 Å². The highest BCUT2D eigenvalue weighted by Gasteiger charge is 2.09. The van der Waals surface area contributed by atoms with Crippen LogP contribution in [0, 0.1) is 0 Å². The standard InChI is InChI=1S/C20H25N5O/c1-25(2)11-5-10-21-16-8-9-19(23-14-16)24-20(26)12-15-13-22-18-7-4-3-6-17(15)18/h3-4,6-9,13-14,21-22H,5,10-12H2,1-2H3,(H,23,24,26).